The topological polar surface area (TPSA) is 47.3 Å². The summed E-state index contributed by atoms with van der Waals surface area (Å²) >= 11 is 5.49. The summed E-state index contributed by atoms with van der Waals surface area (Å²) in [5.41, 5.74) is 8.85. The van der Waals surface area contributed by atoms with Crippen molar-refractivity contribution < 1.29 is 4.74 Å². The van der Waals surface area contributed by atoms with E-state index in [4.69, 9.17) is 22.2 Å². The molecule has 0 fully saturated rings. The fraction of sp³-hybridized carbons (Fsp3) is 0.200. The van der Waals surface area contributed by atoms with Gasteiger partial charge >= 0.3 is 0 Å². The first-order valence-electron chi connectivity index (χ1n) is 6.19. The molecule has 0 spiro atoms. The third-order valence-corrected chi connectivity index (χ3v) is 2.91. The Kier molecular flexibility index (Phi) is 5.21. The van der Waals surface area contributed by atoms with Crippen LogP contribution in [-0.2, 0) is 6.54 Å². The molecule has 0 unspecified atom stereocenters. The first-order valence-corrected chi connectivity index (χ1v) is 6.57. The molecule has 4 heteroatoms. The summed E-state index contributed by atoms with van der Waals surface area (Å²) in [6.45, 7) is 1.70. The van der Waals surface area contributed by atoms with Crippen LogP contribution in [0.4, 0.5) is 0 Å². The summed E-state index contributed by atoms with van der Waals surface area (Å²) in [5, 5.41) is 0. The van der Waals surface area contributed by atoms with Crippen molar-refractivity contribution in [3.8, 4) is 16.9 Å². The van der Waals surface area contributed by atoms with E-state index in [9.17, 15) is 0 Å². The van der Waals surface area contributed by atoms with Crippen LogP contribution in [-0.4, -0.2) is 13.2 Å². The number of ether oxygens (including phenoxy) is 1. The molecule has 0 heterocycles. The number of hydrogen-bond donors (Lipinski definition) is 2. The minimum absolute atomic E-state index is 0.518. The maximum Gasteiger partial charge on any atom is 0.119 e. The lowest BCUT2D eigenvalue weighted by Crippen LogP contribution is -2.10. The lowest BCUT2D eigenvalue weighted by molar-refractivity contribution is 0.328. The van der Waals surface area contributed by atoms with Gasteiger partial charge in [0.1, 0.15) is 12.4 Å². The number of rotatable bonds is 6. The second-order valence-corrected chi connectivity index (χ2v) is 4.44. The average Bonchev–Trinajstić information content (AvgIpc) is 2.46. The molecule has 0 aliphatic carbocycles. The summed E-state index contributed by atoms with van der Waals surface area (Å²) in [7, 11) is 0. The molecule has 0 aliphatic rings. The number of nitrogens with one attached hydrogen (secondary N) is 1. The molecular weight excluding hydrogens is 260 g/mol. The van der Waals surface area contributed by atoms with E-state index < -0.39 is 0 Å². The van der Waals surface area contributed by atoms with E-state index in [0.717, 1.165) is 22.4 Å². The minimum Gasteiger partial charge on any atom is -0.492 e. The van der Waals surface area contributed by atoms with Gasteiger partial charge in [0.25, 0.3) is 0 Å². The van der Waals surface area contributed by atoms with Gasteiger partial charge in [-0.15, -0.1) is 0 Å². The van der Waals surface area contributed by atoms with Gasteiger partial charge in [-0.3, -0.25) is 0 Å². The second kappa shape index (κ2) is 7.14. The van der Waals surface area contributed by atoms with E-state index in [0.29, 0.717) is 19.7 Å². The molecule has 0 aliphatic heterocycles. The normalized spacial score (nSPS) is 10.4. The summed E-state index contributed by atoms with van der Waals surface area (Å²) in [5.74, 6) is 0.842. The standard InChI is InChI=1S/C15H17ClN2O/c16-18-11-12-4-6-13(7-5-12)14-2-1-3-15(10-14)19-9-8-17/h1-7,10,18H,8-9,11,17H2. The third-order valence-electron chi connectivity index (χ3n) is 2.78. The van der Waals surface area contributed by atoms with Crippen LogP contribution in [0.5, 0.6) is 5.75 Å². The highest BCUT2D eigenvalue weighted by Crippen LogP contribution is 2.24. The van der Waals surface area contributed by atoms with Gasteiger partial charge in [0.15, 0.2) is 0 Å². The molecule has 0 bridgehead atoms. The van der Waals surface area contributed by atoms with E-state index in [1.807, 2.05) is 18.2 Å². The van der Waals surface area contributed by atoms with Crippen LogP contribution in [0.3, 0.4) is 0 Å². The van der Waals surface area contributed by atoms with Crippen molar-refractivity contribution in [2.75, 3.05) is 13.2 Å². The maximum atomic E-state index is 5.53. The molecule has 0 amide bonds. The van der Waals surface area contributed by atoms with Crippen molar-refractivity contribution in [3.63, 3.8) is 0 Å². The zero-order valence-electron chi connectivity index (χ0n) is 10.6. The van der Waals surface area contributed by atoms with E-state index in [-0.39, 0.29) is 0 Å². The Morgan fingerprint density at radius 2 is 1.84 bits per heavy atom. The van der Waals surface area contributed by atoms with Crippen molar-refractivity contribution in [1.29, 1.82) is 0 Å². The molecule has 19 heavy (non-hydrogen) atoms. The van der Waals surface area contributed by atoms with Crippen LogP contribution < -0.4 is 15.3 Å². The van der Waals surface area contributed by atoms with E-state index in [1.54, 1.807) is 0 Å². The lowest BCUT2D eigenvalue weighted by atomic mass is 10.0. The molecule has 0 aromatic heterocycles. The molecular formula is C15H17ClN2O. The molecule has 0 saturated carbocycles. The molecule has 2 rings (SSSR count). The van der Waals surface area contributed by atoms with Crippen molar-refractivity contribution in [3.05, 3.63) is 54.1 Å². The lowest BCUT2D eigenvalue weighted by Gasteiger charge is -2.08. The van der Waals surface area contributed by atoms with Gasteiger partial charge in [0, 0.05) is 13.1 Å². The summed E-state index contributed by atoms with van der Waals surface area (Å²) in [6.07, 6.45) is 0. The molecule has 100 valence electrons. The van der Waals surface area contributed by atoms with Gasteiger partial charge in [-0.1, -0.05) is 36.4 Å². The number of nitrogens with two attached hydrogens (primary N) is 1. The third kappa shape index (κ3) is 3.96. The first kappa shape index (κ1) is 13.9. The highest BCUT2D eigenvalue weighted by molar-refractivity contribution is 6.13. The zero-order valence-corrected chi connectivity index (χ0v) is 11.4. The average molecular weight is 277 g/mol. The largest absolute Gasteiger partial charge is 0.492 e. The smallest absolute Gasteiger partial charge is 0.119 e. The maximum absolute atomic E-state index is 5.53. The Bertz CT molecular complexity index is 514. The highest BCUT2D eigenvalue weighted by Gasteiger charge is 2.00. The Labute approximate surface area is 118 Å². The monoisotopic (exact) mass is 276 g/mol. The molecule has 3 N–H and O–H groups in total. The molecule has 3 nitrogen and oxygen atoms in total. The summed E-state index contributed by atoms with van der Waals surface area (Å²) in [4.78, 5) is 2.62. The SMILES string of the molecule is NCCOc1cccc(-c2ccc(CNCl)cc2)c1. The van der Waals surface area contributed by atoms with Crippen LogP contribution in [0.15, 0.2) is 48.5 Å². The number of benzene rings is 2. The first-order chi connectivity index (χ1) is 9.33. The Hall–Kier alpha value is -1.55. The Morgan fingerprint density at radius 1 is 1.05 bits per heavy atom. The van der Waals surface area contributed by atoms with Gasteiger partial charge in [-0.2, -0.15) is 0 Å². The van der Waals surface area contributed by atoms with E-state index in [2.05, 4.69) is 35.2 Å². The zero-order chi connectivity index (χ0) is 13.5. The van der Waals surface area contributed by atoms with Crippen molar-refractivity contribution in [2.24, 2.45) is 5.73 Å². The van der Waals surface area contributed by atoms with Crippen LogP contribution in [0.1, 0.15) is 5.56 Å². The predicted molar refractivity (Wildman–Crippen MR) is 79.1 cm³/mol. The van der Waals surface area contributed by atoms with E-state index in [1.165, 1.54) is 0 Å². The van der Waals surface area contributed by atoms with Crippen molar-refractivity contribution >= 4 is 11.8 Å². The van der Waals surface area contributed by atoms with Crippen LogP contribution in [0, 0.1) is 0 Å². The van der Waals surface area contributed by atoms with Crippen LogP contribution >= 0.6 is 11.8 Å². The molecule has 0 radical (unpaired) electrons. The minimum atomic E-state index is 0.518. The highest BCUT2D eigenvalue weighted by atomic mass is 35.5. The number of hydrogen-bond acceptors (Lipinski definition) is 3. The van der Waals surface area contributed by atoms with Gasteiger partial charge < -0.3 is 10.5 Å². The Balaban J connectivity index is 2.16. The molecule has 2 aromatic carbocycles. The molecule has 0 saturated heterocycles. The van der Waals surface area contributed by atoms with E-state index >= 15 is 0 Å². The molecule has 2 aromatic rings. The second-order valence-electron chi connectivity index (χ2n) is 4.17. The van der Waals surface area contributed by atoms with Gasteiger partial charge in [0.05, 0.1) is 0 Å². The summed E-state index contributed by atoms with van der Waals surface area (Å²) < 4.78 is 5.53. The summed E-state index contributed by atoms with van der Waals surface area (Å²) in [6, 6.07) is 16.3. The van der Waals surface area contributed by atoms with Crippen molar-refractivity contribution in [1.82, 2.24) is 4.84 Å². The van der Waals surface area contributed by atoms with Crippen molar-refractivity contribution in [2.45, 2.75) is 6.54 Å². The van der Waals surface area contributed by atoms with Gasteiger partial charge in [0.2, 0.25) is 0 Å². The fourth-order valence-electron chi connectivity index (χ4n) is 1.83. The fourth-order valence-corrected chi connectivity index (χ4v) is 1.99. The molecule has 0 atom stereocenters. The van der Waals surface area contributed by atoms with Gasteiger partial charge in [-0.25, -0.2) is 4.84 Å². The Morgan fingerprint density at radius 3 is 2.53 bits per heavy atom. The van der Waals surface area contributed by atoms with Crippen LogP contribution in [0.25, 0.3) is 11.1 Å². The van der Waals surface area contributed by atoms with Gasteiger partial charge in [-0.05, 0) is 40.6 Å². The predicted octanol–water partition coefficient (Wildman–Crippen LogP) is 2.93. The van der Waals surface area contributed by atoms with Crippen LogP contribution in [0.2, 0.25) is 0 Å². The quantitative estimate of drug-likeness (QED) is 0.798. The number of halogens is 1.